The summed E-state index contributed by atoms with van der Waals surface area (Å²) in [6.45, 7) is 11.6. The summed E-state index contributed by atoms with van der Waals surface area (Å²) in [5, 5.41) is 22.5. The monoisotopic (exact) mass is 587 g/mol. The van der Waals surface area contributed by atoms with Gasteiger partial charge in [-0.25, -0.2) is 0 Å². The van der Waals surface area contributed by atoms with Crippen LogP contribution in [-0.2, 0) is 4.79 Å². The van der Waals surface area contributed by atoms with Crippen molar-refractivity contribution in [2.75, 3.05) is 26.2 Å². The number of nitrogens with one attached hydrogen (secondary N) is 3. The molecule has 10 atom stereocenters. The molecule has 0 saturated heterocycles. The van der Waals surface area contributed by atoms with Crippen LogP contribution in [0.15, 0.2) is 0 Å². The van der Waals surface area contributed by atoms with Gasteiger partial charge >= 0.3 is 0 Å². The number of carbonyl (C=O) groups excluding carboxylic acids is 1. The van der Waals surface area contributed by atoms with Crippen molar-refractivity contribution in [1.29, 1.82) is 0 Å². The second-order valence-corrected chi connectivity index (χ2v) is 16.1. The van der Waals surface area contributed by atoms with Crippen molar-refractivity contribution in [3.8, 4) is 0 Å². The number of carbonyl (C=O) groups is 1. The Morgan fingerprint density at radius 3 is 2.40 bits per heavy atom. The lowest BCUT2D eigenvalue weighted by Gasteiger charge is -2.62. The van der Waals surface area contributed by atoms with Crippen LogP contribution >= 0.6 is 0 Å². The Kier molecular flexibility index (Phi) is 11.4. The quantitative estimate of drug-likeness (QED) is 0.177. The van der Waals surface area contributed by atoms with Gasteiger partial charge in [0, 0.05) is 18.5 Å². The summed E-state index contributed by atoms with van der Waals surface area (Å²) in [5.74, 6) is 3.99. The topological polar surface area (TPSA) is 99.4 Å². The molecule has 6 heteroatoms. The van der Waals surface area contributed by atoms with E-state index in [0.717, 1.165) is 45.4 Å². The molecular weight excluding hydrogens is 520 g/mol. The van der Waals surface area contributed by atoms with Crippen molar-refractivity contribution < 1.29 is 9.90 Å². The maximum Gasteiger partial charge on any atom is 0.220 e. The van der Waals surface area contributed by atoms with Crippen LogP contribution in [0.4, 0.5) is 0 Å². The molecule has 0 bridgehead atoms. The van der Waals surface area contributed by atoms with Crippen molar-refractivity contribution in [2.24, 2.45) is 52.1 Å². The molecule has 5 unspecified atom stereocenters. The van der Waals surface area contributed by atoms with E-state index in [2.05, 4.69) is 36.7 Å². The van der Waals surface area contributed by atoms with E-state index < -0.39 is 0 Å². The molecule has 0 spiro atoms. The Balaban J connectivity index is 1.12. The number of aliphatic hydroxyl groups excluding tert-OH is 1. The van der Waals surface area contributed by atoms with Gasteiger partial charge < -0.3 is 26.8 Å². The Labute approximate surface area is 257 Å². The Hall–Kier alpha value is -0.690. The lowest BCUT2D eigenvalue weighted by molar-refractivity contribution is -0.167. The molecule has 5 aliphatic rings. The molecule has 5 saturated carbocycles. The predicted octanol–water partition coefficient (Wildman–Crippen LogP) is 5.77. The minimum absolute atomic E-state index is 0.140. The first-order valence-electron chi connectivity index (χ1n) is 18.4. The molecule has 1 amide bonds. The molecule has 0 aliphatic heterocycles. The molecular formula is C36H66N4O2. The van der Waals surface area contributed by atoms with Gasteiger partial charge in [-0.15, -0.1) is 0 Å². The molecule has 0 aromatic heterocycles. The van der Waals surface area contributed by atoms with E-state index in [1.165, 1.54) is 83.5 Å². The largest absolute Gasteiger partial charge is 0.393 e. The summed E-state index contributed by atoms with van der Waals surface area (Å²) in [5.41, 5.74) is 6.30. The summed E-state index contributed by atoms with van der Waals surface area (Å²) in [6.07, 6.45) is 20.0. The van der Waals surface area contributed by atoms with Crippen molar-refractivity contribution in [3.05, 3.63) is 0 Å². The number of amides is 1. The van der Waals surface area contributed by atoms with Gasteiger partial charge in [0.05, 0.1) is 6.10 Å². The Morgan fingerprint density at radius 2 is 1.62 bits per heavy atom. The average molecular weight is 587 g/mol. The van der Waals surface area contributed by atoms with Gasteiger partial charge in [0.2, 0.25) is 5.91 Å². The third kappa shape index (κ3) is 7.07. The molecule has 0 radical (unpaired) electrons. The van der Waals surface area contributed by atoms with Crippen molar-refractivity contribution in [2.45, 2.75) is 148 Å². The molecule has 5 fully saturated rings. The highest BCUT2D eigenvalue weighted by molar-refractivity contribution is 5.76. The number of rotatable bonds is 13. The standard InChI is InChI=1S/C36H66N4O2/c1-25(11-14-33(42)40-27-9-5-4-6-10-27)29-12-13-30-34-31(16-18-36(29,30)3)35(2)17-15-28(23-26(35)24-32(34)41)39-22-8-21-38-20-7-19-37/h25-32,34,38-39,41H,4-24,37H2,1-3H3,(H,40,42)/t25-,26?,28+,29?,30?,31?,32-,34?,35+,36-/m1/s1. The van der Waals surface area contributed by atoms with E-state index in [0.29, 0.717) is 64.8 Å². The zero-order valence-corrected chi connectivity index (χ0v) is 27.5. The van der Waals surface area contributed by atoms with Gasteiger partial charge in [-0.05, 0) is 156 Å². The molecule has 6 N–H and O–H groups in total. The van der Waals surface area contributed by atoms with E-state index in [4.69, 9.17) is 5.73 Å². The first-order chi connectivity index (χ1) is 20.3. The average Bonchev–Trinajstić information content (AvgIpc) is 3.34. The third-order valence-electron chi connectivity index (χ3n) is 13.8. The second kappa shape index (κ2) is 14.6. The normalized spacial score (nSPS) is 41.0. The van der Waals surface area contributed by atoms with Crippen LogP contribution < -0.4 is 21.7 Å². The summed E-state index contributed by atoms with van der Waals surface area (Å²) >= 11 is 0. The van der Waals surface area contributed by atoms with E-state index in [9.17, 15) is 9.90 Å². The zero-order valence-electron chi connectivity index (χ0n) is 27.5. The smallest absolute Gasteiger partial charge is 0.220 e. The zero-order chi connectivity index (χ0) is 29.7. The van der Waals surface area contributed by atoms with Crippen molar-refractivity contribution in [3.63, 3.8) is 0 Å². The summed E-state index contributed by atoms with van der Waals surface area (Å²) in [6, 6.07) is 1.03. The van der Waals surface area contributed by atoms with Crippen molar-refractivity contribution in [1.82, 2.24) is 16.0 Å². The van der Waals surface area contributed by atoms with Crippen LogP contribution in [0, 0.1) is 46.3 Å². The van der Waals surface area contributed by atoms with Crippen LogP contribution in [0.2, 0.25) is 0 Å². The Bertz CT molecular complexity index is 863. The van der Waals surface area contributed by atoms with Crippen LogP contribution in [0.3, 0.4) is 0 Å². The maximum absolute atomic E-state index is 12.8. The summed E-state index contributed by atoms with van der Waals surface area (Å²) < 4.78 is 0. The van der Waals surface area contributed by atoms with Crippen LogP contribution in [-0.4, -0.2) is 55.4 Å². The number of aliphatic hydroxyl groups is 1. The number of nitrogens with two attached hydrogens (primary N) is 1. The van der Waals surface area contributed by atoms with E-state index in [1.54, 1.807) is 0 Å². The van der Waals surface area contributed by atoms with Crippen LogP contribution in [0.1, 0.15) is 130 Å². The van der Waals surface area contributed by atoms with Gasteiger partial charge in [-0.1, -0.05) is 40.0 Å². The van der Waals surface area contributed by atoms with E-state index >= 15 is 0 Å². The molecule has 0 heterocycles. The van der Waals surface area contributed by atoms with Crippen LogP contribution in [0.5, 0.6) is 0 Å². The third-order valence-corrected chi connectivity index (χ3v) is 13.8. The molecule has 6 nitrogen and oxygen atoms in total. The fraction of sp³-hybridized carbons (Fsp3) is 0.972. The minimum Gasteiger partial charge on any atom is -0.393 e. The lowest BCUT2D eigenvalue weighted by atomic mass is 9.43. The molecule has 242 valence electrons. The minimum atomic E-state index is -0.140. The predicted molar refractivity (Wildman–Crippen MR) is 173 cm³/mol. The second-order valence-electron chi connectivity index (χ2n) is 16.1. The van der Waals surface area contributed by atoms with Gasteiger partial charge in [0.15, 0.2) is 0 Å². The maximum atomic E-state index is 12.8. The SMILES string of the molecule is C[C@H](CCC(=O)NC1CCCCC1)C1CCC2C3C(CC[C@@]21C)[C@@]1(C)CC[C@H](NCCCNCCCN)CC1C[C@H]3O. The highest BCUT2D eigenvalue weighted by Gasteiger charge is 2.62. The number of fused-ring (bicyclic) bond motifs is 5. The molecule has 5 rings (SSSR count). The number of hydrogen-bond donors (Lipinski definition) is 5. The first kappa shape index (κ1) is 32.7. The van der Waals surface area contributed by atoms with Gasteiger partial charge in [0.25, 0.3) is 0 Å². The molecule has 5 aliphatic carbocycles. The highest BCUT2D eigenvalue weighted by atomic mass is 16.3. The molecule has 0 aromatic carbocycles. The van der Waals surface area contributed by atoms with Crippen molar-refractivity contribution >= 4 is 5.91 Å². The van der Waals surface area contributed by atoms with Gasteiger partial charge in [-0.2, -0.15) is 0 Å². The first-order valence-corrected chi connectivity index (χ1v) is 18.4. The van der Waals surface area contributed by atoms with E-state index in [1.807, 2.05) is 0 Å². The number of hydrogen-bond acceptors (Lipinski definition) is 5. The van der Waals surface area contributed by atoms with Gasteiger partial charge in [-0.3, -0.25) is 4.79 Å². The lowest BCUT2D eigenvalue weighted by Crippen LogP contribution is -2.59. The molecule has 42 heavy (non-hydrogen) atoms. The fourth-order valence-corrected chi connectivity index (χ4v) is 11.4. The fourth-order valence-electron chi connectivity index (χ4n) is 11.4. The van der Waals surface area contributed by atoms with Gasteiger partial charge in [0.1, 0.15) is 0 Å². The summed E-state index contributed by atoms with van der Waals surface area (Å²) in [4.78, 5) is 12.8. The van der Waals surface area contributed by atoms with E-state index in [-0.39, 0.29) is 12.0 Å². The Morgan fingerprint density at radius 1 is 0.881 bits per heavy atom. The molecule has 0 aromatic rings. The highest BCUT2D eigenvalue weighted by Crippen LogP contribution is 2.68. The van der Waals surface area contributed by atoms with Crippen LogP contribution in [0.25, 0.3) is 0 Å². The summed E-state index contributed by atoms with van der Waals surface area (Å²) in [7, 11) is 0.